The second kappa shape index (κ2) is 12.7. The second-order valence-electron chi connectivity index (χ2n) is 12.9. The van der Waals surface area contributed by atoms with E-state index in [-0.39, 0.29) is 24.4 Å². The fourth-order valence-corrected chi connectivity index (χ4v) is 6.74. The molecule has 0 unspecified atom stereocenters. The number of aliphatic hydroxyl groups excluding tert-OH is 1. The fourth-order valence-electron chi connectivity index (χ4n) is 6.74. The lowest BCUT2D eigenvalue weighted by Crippen LogP contribution is -2.56. The van der Waals surface area contributed by atoms with Crippen LogP contribution in [0.5, 0.6) is 0 Å². The predicted molar refractivity (Wildman–Crippen MR) is 165 cm³/mol. The lowest BCUT2D eigenvalue weighted by atomic mass is 9.81. The quantitative estimate of drug-likeness (QED) is 0.270. The van der Waals surface area contributed by atoms with E-state index < -0.39 is 46.2 Å². The van der Waals surface area contributed by atoms with Gasteiger partial charge in [0.05, 0.1) is 28.4 Å². The first-order chi connectivity index (χ1) is 21.9. The molecule has 254 valence electrons. The first-order valence-corrected chi connectivity index (χ1v) is 15.4. The molecule has 2 aliphatic rings. The van der Waals surface area contributed by atoms with Gasteiger partial charge in [-0.2, -0.15) is 26.3 Å². The van der Waals surface area contributed by atoms with Crippen LogP contribution in [0.2, 0.25) is 0 Å². The van der Waals surface area contributed by atoms with Crippen LogP contribution in [0.15, 0.2) is 48.7 Å². The molecule has 3 aromatic rings. The van der Waals surface area contributed by atoms with Gasteiger partial charge in [0.2, 0.25) is 5.91 Å². The molecule has 47 heavy (non-hydrogen) atoms. The molecule has 0 saturated carbocycles. The largest absolute Gasteiger partial charge is 0.416 e. The Labute approximate surface area is 268 Å². The van der Waals surface area contributed by atoms with E-state index in [1.165, 1.54) is 44.1 Å². The molecule has 5 rings (SSSR count). The minimum atomic E-state index is -5.08. The first-order valence-electron chi connectivity index (χ1n) is 15.4. The van der Waals surface area contributed by atoms with Gasteiger partial charge in [0.25, 0.3) is 0 Å². The number of piperazine rings is 1. The van der Waals surface area contributed by atoms with Crippen molar-refractivity contribution in [2.75, 3.05) is 43.1 Å². The Hall–Kier alpha value is -3.71. The van der Waals surface area contributed by atoms with Gasteiger partial charge < -0.3 is 14.9 Å². The monoisotopic (exact) mass is 666 g/mol. The summed E-state index contributed by atoms with van der Waals surface area (Å²) in [5.74, 6) is -0.679. The summed E-state index contributed by atoms with van der Waals surface area (Å²) in [6, 6.07) is 7.35. The molecule has 1 amide bonds. The molecular formula is C34H37F7N4O2. The average Bonchev–Trinajstić information content (AvgIpc) is 3.46. The van der Waals surface area contributed by atoms with E-state index in [0.717, 1.165) is 25.9 Å². The van der Waals surface area contributed by atoms with Gasteiger partial charge in [-0.15, -0.1) is 0 Å². The summed E-state index contributed by atoms with van der Waals surface area (Å²) in [5.41, 5.74) is -3.49. The maximum Gasteiger partial charge on any atom is 0.416 e. The number of fused-ring (bicyclic) bond motifs is 1. The number of nitrogens with zero attached hydrogens (tertiary/aromatic N) is 4. The SMILES string of the molecule is Cc1cc(F)ccc1-c1cc(N2C[C@H]3CCCN3C[C@@H]2CCO)ncc1N(C)C(=O)C(C)(C)c1cc(C(F)(F)F)cc(C(F)(F)F)c1. The van der Waals surface area contributed by atoms with Crippen LogP contribution in [0.3, 0.4) is 0 Å². The molecule has 13 heteroatoms. The lowest BCUT2D eigenvalue weighted by molar-refractivity contribution is -0.143. The summed E-state index contributed by atoms with van der Waals surface area (Å²) in [4.78, 5) is 24.5. The minimum absolute atomic E-state index is 0.0282. The number of carbonyl (C=O) groups excluding carboxylic acids is 1. The van der Waals surface area contributed by atoms with E-state index in [4.69, 9.17) is 4.98 Å². The molecule has 2 aliphatic heterocycles. The third-order valence-electron chi connectivity index (χ3n) is 9.41. The third kappa shape index (κ3) is 6.96. The van der Waals surface area contributed by atoms with E-state index >= 15 is 0 Å². The van der Waals surface area contributed by atoms with Gasteiger partial charge in [-0.25, -0.2) is 9.37 Å². The van der Waals surface area contributed by atoms with Crippen LogP contribution in [-0.4, -0.2) is 66.3 Å². The highest BCUT2D eigenvalue weighted by Gasteiger charge is 2.42. The number of alkyl halides is 6. The number of halogens is 7. The zero-order valence-electron chi connectivity index (χ0n) is 26.5. The van der Waals surface area contributed by atoms with Crippen LogP contribution >= 0.6 is 0 Å². The lowest BCUT2D eigenvalue weighted by Gasteiger charge is -2.44. The number of rotatable bonds is 7. The number of hydrogen-bond donors (Lipinski definition) is 1. The van der Waals surface area contributed by atoms with Crippen LogP contribution in [0.1, 0.15) is 55.4 Å². The highest BCUT2D eigenvalue weighted by molar-refractivity contribution is 6.03. The minimum Gasteiger partial charge on any atom is -0.396 e. The zero-order chi connectivity index (χ0) is 34.5. The first kappa shape index (κ1) is 34.6. The summed E-state index contributed by atoms with van der Waals surface area (Å²) in [5, 5.41) is 9.82. The molecule has 1 aromatic heterocycles. The van der Waals surface area contributed by atoms with Crippen LogP contribution in [-0.2, 0) is 22.6 Å². The number of carbonyl (C=O) groups is 1. The number of benzene rings is 2. The van der Waals surface area contributed by atoms with Crippen molar-refractivity contribution >= 4 is 17.4 Å². The molecule has 1 N–H and O–H groups in total. The highest BCUT2D eigenvalue weighted by atomic mass is 19.4. The van der Waals surface area contributed by atoms with E-state index in [2.05, 4.69) is 9.80 Å². The summed E-state index contributed by atoms with van der Waals surface area (Å²) < 4.78 is 96.2. The maximum atomic E-state index is 14.2. The third-order valence-corrected chi connectivity index (χ3v) is 9.41. The van der Waals surface area contributed by atoms with Crippen molar-refractivity contribution in [3.05, 3.63) is 76.7 Å². The highest BCUT2D eigenvalue weighted by Crippen LogP contribution is 2.42. The van der Waals surface area contributed by atoms with Gasteiger partial charge in [0.1, 0.15) is 11.6 Å². The maximum absolute atomic E-state index is 14.2. The summed E-state index contributed by atoms with van der Waals surface area (Å²) in [6.07, 6.45) is -6.12. The molecular weight excluding hydrogens is 629 g/mol. The van der Waals surface area contributed by atoms with Crippen LogP contribution < -0.4 is 9.80 Å². The van der Waals surface area contributed by atoms with Crippen molar-refractivity contribution in [1.82, 2.24) is 9.88 Å². The van der Waals surface area contributed by atoms with Crippen molar-refractivity contribution in [3.8, 4) is 11.1 Å². The van der Waals surface area contributed by atoms with Crippen LogP contribution in [0.25, 0.3) is 11.1 Å². The predicted octanol–water partition coefficient (Wildman–Crippen LogP) is 7.21. The van der Waals surface area contributed by atoms with Crippen molar-refractivity contribution in [1.29, 1.82) is 0 Å². The van der Waals surface area contributed by atoms with Crippen LogP contribution in [0.4, 0.5) is 42.2 Å². The molecule has 0 aliphatic carbocycles. The van der Waals surface area contributed by atoms with E-state index in [0.29, 0.717) is 53.6 Å². The van der Waals surface area contributed by atoms with Crippen molar-refractivity contribution in [2.45, 2.75) is 69.9 Å². The van der Waals surface area contributed by atoms with E-state index in [1.54, 1.807) is 19.1 Å². The number of aliphatic hydroxyl groups is 1. The van der Waals surface area contributed by atoms with Crippen LogP contribution in [0, 0.1) is 12.7 Å². The molecule has 2 aromatic carbocycles. The molecule has 3 heterocycles. The Morgan fingerprint density at radius 3 is 2.19 bits per heavy atom. The van der Waals surface area contributed by atoms with Gasteiger partial charge in [-0.05, 0) is 99.7 Å². The van der Waals surface area contributed by atoms with Crippen molar-refractivity contribution in [3.63, 3.8) is 0 Å². The van der Waals surface area contributed by atoms with Crippen molar-refractivity contribution in [2.24, 2.45) is 0 Å². The standard InChI is InChI=1S/C34H37F7N4O2/c1-20-12-24(35)7-8-27(20)28-16-30(45-19-25-6-5-10-44(25)18-26(45)9-11-46)42-17-29(28)43(4)31(47)32(2,3)21-13-22(33(36,37)38)15-23(14-21)34(39,40)41/h7-8,12-17,25-26,46H,5-6,9-11,18-19H2,1-4H3/t25-,26+/m1/s1. The molecule has 0 bridgehead atoms. The number of aromatic nitrogens is 1. The Morgan fingerprint density at radius 2 is 1.60 bits per heavy atom. The molecule has 0 radical (unpaired) electrons. The van der Waals surface area contributed by atoms with Gasteiger partial charge in [0.15, 0.2) is 0 Å². The van der Waals surface area contributed by atoms with Gasteiger partial charge in [-0.1, -0.05) is 6.07 Å². The van der Waals surface area contributed by atoms with Crippen molar-refractivity contribution < 1.29 is 40.6 Å². The topological polar surface area (TPSA) is 59.9 Å². The molecule has 0 spiro atoms. The van der Waals surface area contributed by atoms with E-state index in [1.807, 2.05) is 0 Å². The Balaban J connectivity index is 1.59. The number of pyridine rings is 1. The van der Waals surface area contributed by atoms with Gasteiger partial charge in [0, 0.05) is 44.4 Å². The molecule has 2 atom stereocenters. The van der Waals surface area contributed by atoms with Gasteiger partial charge in [-0.3, -0.25) is 9.69 Å². The number of hydrogen-bond acceptors (Lipinski definition) is 5. The molecule has 2 fully saturated rings. The smallest absolute Gasteiger partial charge is 0.396 e. The number of likely N-dealkylation sites (N-methyl/N-ethyl adjacent to an activating group) is 1. The summed E-state index contributed by atoms with van der Waals surface area (Å²) >= 11 is 0. The Kier molecular flexibility index (Phi) is 9.37. The van der Waals surface area contributed by atoms with E-state index in [9.17, 15) is 40.6 Å². The zero-order valence-corrected chi connectivity index (χ0v) is 26.5. The molecule has 2 saturated heterocycles. The average molecular weight is 667 g/mol. The second-order valence-corrected chi connectivity index (χ2v) is 12.9. The number of aryl methyl sites for hydroxylation is 1. The molecule has 6 nitrogen and oxygen atoms in total. The number of amides is 1. The summed E-state index contributed by atoms with van der Waals surface area (Å²) in [6.45, 7) is 6.59. The van der Waals surface area contributed by atoms with Gasteiger partial charge >= 0.3 is 12.4 Å². The fraction of sp³-hybridized carbons (Fsp3) is 0.471. The summed E-state index contributed by atoms with van der Waals surface area (Å²) in [7, 11) is 1.38. The normalized spacial score (nSPS) is 19.2. The Bertz CT molecular complexity index is 1610. The Morgan fingerprint density at radius 1 is 0.957 bits per heavy atom. The number of anilines is 2.